The van der Waals surface area contributed by atoms with Crippen molar-refractivity contribution in [3.63, 3.8) is 0 Å². The SMILES string of the molecule is C1=CC2=CC=C3C=CS[C@@H]3[C@H]2C=C1. The van der Waals surface area contributed by atoms with Gasteiger partial charge in [-0.2, -0.15) is 0 Å². The van der Waals surface area contributed by atoms with Crippen LogP contribution in [0.2, 0.25) is 0 Å². The molecule has 2 aliphatic carbocycles. The fourth-order valence-corrected chi connectivity index (χ4v) is 3.16. The lowest BCUT2D eigenvalue weighted by Crippen LogP contribution is -2.20. The topological polar surface area (TPSA) is 0 Å². The van der Waals surface area contributed by atoms with Crippen LogP contribution in [0.25, 0.3) is 0 Å². The Kier molecular flexibility index (Phi) is 1.59. The van der Waals surface area contributed by atoms with Crippen LogP contribution in [0.3, 0.4) is 0 Å². The molecule has 0 saturated heterocycles. The highest BCUT2D eigenvalue weighted by Gasteiger charge is 2.29. The van der Waals surface area contributed by atoms with E-state index in [0.29, 0.717) is 11.2 Å². The molecule has 3 aliphatic rings. The Morgan fingerprint density at radius 2 is 1.92 bits per heavy atom. The third-order valence-electron chi connectivity index (χ3n) is 2.71. The second-order valence-corrected chi connectivity index (χ2v) is 4.51. The zero-order valence-electron chi connectivity index (χ0n) is 7.18. The van der Waals surface area contributed by atoms with E-state index in [2.05, 4.69) is 47.9 Å². The molecule has 0 aromatic carbocycles. The summed E-state index contributed by atoms with van der Waals surface area (Å²) in [6, 6.07) is 0. The van der Waals surface area contributed by atoms with E-state index < -0.39 is 0 Å². The molecule has 64 valence electrons. The minimum absolute atomic E-state index is 0.602. The lowest BCUT2D eigenvalue weighted by Gasteiger charge is -2.27. The van der Waals surface area contributed by atoms with Crippen LogP contribution in [0.15, 0.2) is 59.1 Å². The Labute approximate surface area is 82.4 Å². The van der Waals surface area contributed by atoms with E-state index in [1.807, 2.05) is 11.8 Å². The van der Waals surface area contributed by atoms with Gasteiger partial charge in [0.15, 0.2) is 0 Å². The number of allylic oxidation sites excluding steroid dienone is 8. The molecule has 2 atom stereocenters. The summed E-state index contributed by atoms with van der Waals surface area (Å²) in [5, 5.41) is 2.85. The van der Waals surface area contributed by atoms with Crippen LogP contribution in [0.5, 0.6) is 0 Å². The number of thioether (sulfide) groups is 1. The van der Waals surface area contributed by atoms with Gasteiger partial charge in [-0.05, 0) is 16.6 Å². The molecule has 1 heterocycles. The predicted octanol–water partition coefficient (Wildman–Crippen LogP) is 3.22. The van der Waals surface area contributed by atoms with E-state index in [0.717, 1.165) is 0 Å². The van der Waals surface area contributed by atoms with Crippen molar-refractivity contribution in [1.29, 1.82) is 0 Å². The molecule has 0 radical (unpaired) electrons. The first-order valence-corrected chi connectivity index (χ1v) is 5.48. The van der Waals surface area contributed by atoms with Gasteiger partial charge in [0, 0.05) is 11.2 Å². The standard InChI is InChI=1S/C12H10S/c1-2-4-11-9(3-1)5-6-10-7-8-13-12(10)11/h1-8,11-12H/t11-,12-/m0/s1. The quantitative estimate of drug-likeness (QED) is 0.559. The Balaban J connectivity index is 2.07. The Morgan fingerprint density at radius 3 is 2.92 bits per heavy atom. The predicted molar refractivity (Wildman–Crippen MR) is 58.5 cm³/mol. The molecule has 0 bridgehead atoms. The second-order valence-electron chi connectivity index (χ2n) is 3.46. The van der Waals surface area contributed by atoms with E-state index in [-0.39, 0.29) is 0 Å². The fourth-order valence-electron chi connectivity index (χ4n) is 2.03. The van der Waals surface area contributed by atoms with E-state index >= 15 is 0 Å². The van der Waals surface area contributed by atoms with Crippen molar-refractivity contribution in [2.75, 3.05) is 0 Å². The highest BCUT2D eigenvalue weighted by Crippen LogP contribution is 2.42. The zero-order valence-corrected chi connectivity index (χ0v) is 8.00. The van der Waals surface area contributed by atoms with E-state index in [9.17, 15) is 0 Å². The summed E-state index contributed by atoms with van der Waals surface area (Å²) in [6.07, 6.45) is 15.5. The van der Waals surface area contributed by atoms with Gasteiger partial charge in [0.2, 0.25) is 0 Å². The summed E-state index contributed by atoms with van der Waals surface area (Å²) in [7, 11) is 0. The van der Waals surface area contributed by atoms with Gasteiger partial charge in [0.1, 0.15) is 0 Å². The lowest BCUT2D eigenvalue weighted by atomic mass is 9.84. The Hall–Kier alpha value is -0.950. The van der Waals surface area contributed by atoms with Crippen LogP contribution in [0, 0.1) is 5.92 Å². The van der Waals surface area contributed by atoms with Crippen molar-refractivity contribution in [2.45, 2.75) is 5.25 Å². The smallest absolute Gasteiger partial charge is 0.0442 e. The normalized spacial score (nSPS) is 33.8. The van der Waals surface area contributed by atoms with Crippen molar-refractivity contribution in [3.8, 4) is 0 Å². The zero-order chi connectivity index (χ0) is 8.67. The molecule has 3 rings (SSSR count). The maximum Gasteiger partial charge on any atom is 0.0442 e. The van der Waals surface area contributed by atoms with Gasteiger partial charge in [-0.1, -0.05) is 42.5 Å². The average Bonchev–Trinajstić information content (AvgIpc) is 2.65. The summed E-state index contributed by atoms with van der Waals surface area (Å²) in [6.45, 7) is 0. The van der Waals surface area contributed by atoms with Crippen LogP contribution < -0.4 is 0 Å². The molecule has 0 aromatic rings. The van der Waals surface area contributed by atoms with Gasteiger partial charge < -0.3 is 0 Å². The molecule has 0 spiro atoms. The molecular weight excluding hydrogens is 176 g/mol. The summed E-state index contributed by atoms with van der Waals surface area (Å²) in [4.78, 5) is 0. The fraction of sp³-hybridized carbons (Fsp3) is 0.167. The van der Waals surface area contributed by atoms with Crippen molar-refractivity contribution in [1.82, 2.24) is 0 Å². The summed E-state index contributed by atoms with van der Waals surface area (Å²) >= 11 is 1.94. The van der Waals surface area contributed by atoms with E-state index in [4.69, 9.17) is 0 Å². The van der Waals surface area contributed by atoms with Crippen LogP contribution in [-0.4, -0.2) is 5.25 Å². The van der Waals surface area contributed by atoms with E-state index in [1.165, 1.54) is 11.1 Å². The summed E-state index contributed by atoms with van der Waals surface area (Å²) < 4.78 is 0. The van der Waals surface area contributed by atoms with Crippen molar-refractivity contribution >= 4 is 11.8 Å². The van der Waals surface area contributed by atoms with Crippen LogP contribution in [0.1, 0.15) is 0 Å². The van der Waals surface area contributed by atoms with Crippen molar-refractivity contribution in [2.24, 2.45) is 5.92 Å². The maximum atomic E-state index is 2.31. The Morgan fingerprint density at radius 1 is 1.00 bits per heavy atom. The van der Waals surface area contributed by atoms with Gasteiger partial charge in [-0.15, -0.1) is 11.8 Å². The van der Waals surface area contributed by atoms with Crippen molar-refractivity contribution < 1.29 is 0 Å². The molecule has 1 aliphatic heterocycles. The molecule has 13 heavy (non-hydrogen) atoms. The number of rotatable bonds is 0. The molecule has 0 nitrogen and oxygen atoms in total. The molecule has 0 unspecified atom stereocenters. The van der Waals surface area contributed by atoms with Gasteiger partial charge >= 0.3 is 0 Å². The molecule has 0 amide bonds. The highest BCUT2D eigenvalue weighted by molar-refractivity contribution is 8.03. The van der Waals surface area contributed by atoms with Gasteiger partial charge in [-0.3, -0.25) is 0 Å². The van der Waals surface area contributed by atoms with Gasteiger partial charge in [0.05, 0.1) is 0 Å². The third-order valence-corrected chi connectivity index (χ3v) is 3.86. The minimum atomic E-state index is 0.602. The van der Waals surface area contributed by atoms with Crippen LogP contribution >= 0.6 is 11.8 Å². The first-order valence-electron chi connectivity index (χ1n) is 4.54. The first-order chi connectivity index (χ1) is 6.45. The molecule has 0 aromatic heterocycles. The largest absolute Gasteiger partial charge is 0.125 e. The summed E-state index contributed by atoms with van der Waals surface area (Å²) in [5.41, 5.74) is 2.92. The van der Waals surface area contributed by atoms with E-state index in [1.54, 1.807) is 0 Å². The second kappa shape index (κ2) is 2.78. The first kappa shape index (κ1) is 7.45. The molecule has 1 heteroatoms. The van der Waals surface area contributed by atoms with Gasteiger partial charge in [-0.25, -0.2) is 0 Å². The van der Waals surface area contributed by atoms with Crippen LogP contribution in [0.4, 0.5) is 0 Å². The Bertz CT molecular complexity index is 380. The minimum Gasteiger partial charge on any atom is -0.125 e. The average molecular weight is 186 g/mol. The summed E-state index contributed by atoms with van der Waals surface area (Å²) in [5.74, 6) is 0.602. The van der Waals surface area contributed by atoms with Crippen molar-refractivity contribution in [3.05, 3.63) is 59.1 Å². The van der Waals surface area contributed by atoms with Crippen LogP contribution in [-0.2, 0) is 0 Å². The number of fused-ring (bicyclic) bond motifs is 3. The number of hydrogen-bond acceptors (Lipinski definition) is 1. The monoisotopic (exact) mass is 186 g/mol. The molecule has 0 N–H and O–H groups in total. The number of hydrogen-bond donors (Lipinski definition) is 0. The maximum absolute atomic E-state index is 2.31. The molecule has 0 saturated carbocycles. The lowest BCUT2D eigenvalue weighted by molar-refractivity contribution is 0.782. The molecule has 0 fully saturated rings. The van der Waals surface area contributed by atoms with Gasteiger partial charge in [0.25, 0.3) is 0 Å². The highest BCUT2D eigenvalue weighted by atomic mass is 32.2. The third kappa shape index (κ3) is 1.07. The molecular formula is C12H10S.